The SMILES string of the molecule is Cc1cccc(Nc2nnc(S[C@@H](C)C(=O)N3c4ccccc4C[C@H]3C)s2)c1. The molecule has 144 valence electrons. The van der Waals surface area contributed by atoms with Gasteiger partial charge in [-0.3, -0.25) is 4.79 Å². The molecule has 1 aliphatic rings. The monoisotopic (exact) mass is 410 g/mol. The number of thioether (sulfide) groups is 1. The molecule has 28 heavy (non-hydrogen) atoms. The summed E-state index contributed by atoms with van der Waals surface area (Å²) in [5, 5.41) is 12.2. The van der Waals surface area contributed by atoms with Crippen molar-refractivity contribution < 1.29 is 4.79 Å². The summed E-state index contributed by atoms with van der Waals surface area (Å²) < 4.78 is 0.788. The molecule has 2 heterocycles. The molecule has 5 nitrogen and oxygen atoms in total. The number of anilines is 3. The number of nitrogens with one attached hydrogen (secondary N) is 1. The number of hydrogen-bond donors (Lipinski definition) is 1. The third kappa shape index (κ3) is 3.91. The summed E-state index contributed by atoms with van der Waals surface area (Å²) in [6, 6.07) is 16.5. The minimum atomic E-state index is -0.228. The van der Waals surface area contributed by atoms with E-state index in [0.717, 1.165) is 27.3 Å². The number of aromatic nitrogens is 2. The highest BCUT2D eigenvalue weighted by atomic mass is 32.2. The largest absolute Gasteiger partial charge is 0.330 e. The Morgan fingerprint density at radius 2 is 2.07 bits per heavy atom. The predicted molar refractivity (Wildman–Crippen MR) is 117 cm³/mol. The highest BCUT2D eigenvalue weighted by Gasteiger charge is 2.33. The first kappa shape index (κ1) is 19.0. The Kier molecular flexibility index (Phi) is 5.37. The molecule has 1 N–H and O–H groups in total. The van der Waals surface area contributed by atoms with E-state index in [1.807, 2.05) is 42.2 Å². The van der Waals surface area contributed by atoms with E-state index in [-0.39, 0.29) is 17.2 Å². The first-order valence-electron chi connectivity index (χ1n) is 9.26. The van der Waals surface area contributed by atoms with E-state index in [0.29, 0.717) is 0 Å². The van der Waals surface area contributed by atoms with Crippen molar-refractivity contribution in [2.45, 2.75) is 42.8 Å². The zero-order valence-electron chi connectivity index (χ0n) is 16.0. The fourth-order valence-corrected chi connectivity index (χ4v) is 5.42. The van der Waals surface area contributed by atoms with Gasteiger partial charge < -0.3 is 10.2 Å². The fourth-order valence-electron chi connectivity index (χ4n) is 3.45. The molecule has 0 aliphatic carbocycles. The molecule has 3 aromatic rings. The molecule has 2 aromatic carbocycles. The van der Waals surface area contributed by atoms with Crippen molar-refractivity contribution in [2.75, 3.05) is 10.2 Å². The van der Waals surface area contributed by atoms with Crippen LogP contribution in [0.1, 0.15) is 25.0 Å². The van der Waals surface area contributed by atoms with Crippen LogP contribution in [0.3, 0.4) is 0 Å². The van der Waals surface area contributed by atoms with Gasteiger partial charge in [0.2, 0.25) is 11.0 Å². The molecular weight excluding hydrogens is 388 g/mol. The molecule has 4 rings (SSSR count). The Labute approximate surface area is 173 Å². The van der Waals surface area contributed by atoms with Crippen LogP contribution in [-0.2, 0) is 11.2 Å². The van der Waals surface area contributed by atoms with Gasteiger partial charge in [-0.2, -0.15) is 0 Å². The molecule has 0 radical (unpaired) electrons. The first-order valence-corrected chi connectivity index (χ1v) is 11.0. The van der Waals surface area contributed by atoms with Crippen LogP contribution in [0.25, 0.3) is 0 Å². The molecule has 0 spiro atoms. The number of hydrogen-bond acceptors (Lipinski definition) is 6. The van der Waals surface area contributed by atoms with Gasteiger partial charge in [-0.05, 0) is 56.5 Å². The van der Waals surface area contributed by atoms with Gasteiger partial charge in [0, 0.05) is 17.4 Å². The lowest BCUT2D eigenvalue weighted by Gasteiger charge is -2.25. The molecule has 0 fully saturated rings. The molecule has 7 heteroatoms. The Bertz CT molecular complexity index is 1000. The molecule has 1 aromatic heterocycles. The van der Waals surface area contributed by atoms with Crippen LogP contribution in [0.5, 0.6) is 0 Å². The number of carbonyl (C=O) groups excluding carboxylic acids is 1. The quantitative estimate of drug-likeness (QED) is 0.597. The normalized spacial score (nSPS) is 16.7. The fraction of sp³-hybridized carbons (Fsp3) is 0.286. The molecule has 1 aliphatic heterocycles. The van der Waals surface area contributed by atoms with E-state index in [1.165, 1.54) is 34.2 Å². The van der Waals surface area contributed by atoms with Crippen molar-refractivity contribution in [3.63, 3.8) is 0 Å². The maximum absolute atomic E-state index is 13.1. The van der Waals surface area contributed by atoms with Gasteiger partial charge in [0.25, 0.3) is 0 Å². The number of rotatable bonds is 5. The molecule has 0 bridgehead atoms. The maximum atomic E-state index is 13.1. The molecule has 0 saturated heterocycles. The van der Waals surface area contributed by atoms with Crippen LogP contribution < -0.4 is 10.2 Å². The van der Waals surface area contributed by atoms with Gasteiger partial charge in [0.05, 0.1) is 5.25 Å². The van der Waals surface area contributed by atoms with Crippen molar-refractivity contribution in [3.05, 3.63) is 59.7 Å². The summed E-state index contributed by atoms with van der Waals surface area (Å²) >= 11 is 2.93. The van der Waals surface area contributed by atoms with Gasteiger partial charge in [0.15, 0.2) is 4.34 Å². The number of carbonyl (C=O) groups is 1. The van der Waals surface area contributed by atoms with Gasteiger partial charge in [-0.1, -0.05) is 53.4 Å². The van der Waals surface area contributed by atoms with E-state index in [2.05, 4.69) is 47.6 Å². The van der Waals surface area contributed by atoms with Crippen molar-refractivity contribution in [1.29, 1.82) is 0 Å². The molecule has 0 unspecified atom stereocenters. The third-order valence-electron chi connectivity index (χ3n) is 4.75. The minimum Gasteiger partial charge on any atom is -0.330 e. The first-order chi connectivity index (χ1) is 13.5. The Morgan fingerprint density at radius 3 is 2.89 bits per heavy atom. The summed E-state index contributed by atoms with van der Waals surface area (Å²) in [4.78, 5) is 15.0. The van der Waals surface area contributed by atoms with E-state index in [1.54, 1.807) is 0 Å². The van der Waals surface area contributed by atoms with Crippen molar-refractivity contribution in [2.24, 2.45) is 0 Å². The summed E-state index contributed by atoms with van der Waals surface area (Å²) in [7, 11) is 0. The summed E-state index contributed by atoms with van der Waals surface area (Å²) in [5.41, 5.74) is 4.44. The standard InChI is InChI=1S/C21H22N4OS2/c1-13-7-6-9-17(11-13)22-20-23-24-21(28-20)27-15(3)19(26)25-14(2)12-16-8-4-5-10-18(16)25/h4-11,14-15H,12H2,1-3H3,(H,22,23)/t14-,15+/m1/s1. The number of nitrogens with zero attached hydrogens (tertiary/aromatic N) is 3. The Hall–Kier alpha value is -2.38. The van der Waals surface area contributed by atoms with Crippen LogP contribution in [0, 0.1) is 6.92 Å². The van der Waals surface area contributed by atoms with Crippen LogP contribution in [0.4, 0.5) is 16.5 Å². The Morgan fingerprint density at radius 1 is 1.25 bits per heavy atom. The van der Waals surface area contributed by atoms with E-state index < -0.39 is 0 Å². The number of para-hydroxylation sites is 1. The minimum absolute atomic E-state index is 0.117. The highest BCUT2D eigenvalue weighted by Crippen LogP contribution is 2.36. The second-order valence-electron chi connectivity index (χ2n) is 7.02. The highest BCUT2D eigenvalue weighted by molar-refractivity contribution is 8.02. The second kappa shape index (κ2) is 7.93. The molecular formula is C21H22N4OS2. The van der Waals surface area contributed by atoms with E-state index in [4.69, 9.17) is 0 Å². The van der Waals surface area contributed by atoms with E-state index >= 15 is 0 Å². The van der Waals surface area contributed by atoms with Gasteiger partial charge >= 0.3 is 0 Å². The van der Waals surface area contributed by atoms with E-state index in [9.17, 15) is 4.79 Å². The Balaban J connectivity index is 1.43. The van der Waals surface area contributed by atoms with Gasteiger partial charge in [-0.25, -0.2) is 0 Å². The second-order valence-corrected chi connectivity index (χ2v) is 9.58. The zero-order chi connectivity index (χ0) is 19.7. The van der Waals surface area contributed by atoms with Gasteiger partial charge in [-0.15, -0.1) is 10.2 Å². The van der Waals surface area contributed by atoms with Crippen LogP contribution >= 0.6 is 23.1 Å². The number of benzene rings is 2. The number of aryl methyl sites for hydroxylation is 1. The zero-order valence-corrected chi connectivity index (χ0v) is 17.7. The van der Waals surface area contributed by atoms with Gasteiger partial charge in [0.1, 0.15) is 0 Å². The smallest absolute Gasteiger partial charge is 0.240 e. The predicted octanol–water partition coefficient (Wildman–Crippen LogP) is 5.05. The van der Waals surface area contributed by atoms with Crippen LogP contribution in [0.15, 0.2) is 52.9 Å². The summed E-state index contributed by atoms with van der Waals surface area (Å²) in [6.45, 7) is 6.09. The third-order valence-corrected chi connectivity index (χ3v) is 6.76. The van der Waals surface area contributed by atoms with Crippen LogP contribution in [-0.4, -0.2) is 27.4 Å². The number of fused-ring (bicyclic) bond motifs is 1. The summed E-state index contributed by atoms with van der Waals surface area (Å²) in [5.74, 6) is 0.117. The lowest BCUT2D eigenvalue weighted by molar-refractivity contribution is -0.118. The topological polar surface area (TPSA) is 58.1 Å². The lowest BCUT2D eigenvalue weighted by atomic mass is 10.1. The molecule has 2 atom stereocenters. The summed E-state index contributed by atoms with van der Waals surface area (Å²) in [6.07, 6.45) is 0.905. The maximum Gasteiger partial charge on any atom is 0.240 e. The average molecular weight is 411 g/mol. The molecule has 1 amide bonds. The lowest BCUT2D eigenvalue weighted by Crippen LogP contribution is -2.40. The number of amides is 1. The van der Waals surface area contributed by atoms with Crippen molar-refractivity contribution >= 4 is 45.5 Å². The molecule has 0 saturated carbocycles. The van der Waals surface area contributed by atoms with Crippen molar-refractivity contribution in [1.82, 2.24) is 10.2 Å². The van der Waals surface area contributed by atoms with Crippen LogP contribution in [0.2, 0.25) is 0 Å². The average Bonchev–Trinajstić information content (AvgIpc) is 3.24. The van der Waals surface area contributed by atoms with Crippen molar-refractivity contribution in [3.8, 4) is 0 Å².